The van der Waals surface area contributed by atoms with Gasteiger partial charge in [-0.15, -0.1) is 0 Å². The monoisotopic (exact) mass is 289 g/mol. The molecule has 0 unspecified atom stereocenters. The quantitative estimate of drug-likeness (QED) is 0.649. The Morgan fingerprint density at radius 1 is 1.29 bits per heavy atom. The number of hydrogen-bond acceptors (Lipinski definition) is 6. The fourth-order valence-electron chi connectivity index (χ4n) is 1.76. The Morgan fingerprint density at radius 2 is 2.05 bits per heavy atom. The molecule has 0 amide bonds. The number of methoxy groups -OCH3 is 1. The largest absolute Gasteiger partial charge is 0.490 e. The number of anilines is 1. The lowest BCUT2D eigenvalue weighted by molar-refractivity contribution is -0.385. The number of nitro benzene ring substituents is 1. The van der Waals surface area contributed by atoms with Crippen molar-refractivity contribution in [2.24, 2.45) is 0 Å². The van der Waals surface area contributed by atoms with Crippen molar-refractivity contribution in [1.82, 2.24) is 4.98 Å². The van der Waals surface area contributed by atoms with Gasteiger partial charge in [0.25, 0.3) is 0 Å². The van der Waals surface area contributed by atoms with Crippen LogP contribution in [0.25, 0.3) is 0 Å². The van der Waals surface area contributed by atoms with Crippen molar-refractivity contribution >= 4 is 11.5 Å². The molecule has 0 saturated heterocycles. The molecular formula is C14H15N3O4. The van der Waals surface area contributed by atoms with Crippen LogP contribution in [0.4, 0.5) is 11.5 Å². The zero-order valence-electron chi connectivity index (χ0n) is 11.7. The lowest BCUT2D eigenvalue weighted by Gasteiger charge is -2.08. The zero-order chi connectivity index (χ0) is 15.2. The summed E-state index contributed by atoms with van der Waals surface area (Å²) in [4.78, 5) is 14.6. The number of nitro groups is 1. The lowest BCUT2D eigenvalue weighted by atomic mass is 10.3. The van der Waals surface area contributed by atoms with E-state index in [0.29, 0.717) is 17.3 Å². The van der Waals surface area contributed by atoms with Gasteiger partial charge in [-0.2, -0.15) is 0 Å². The van der Waals surface area contributed by atoms with Crippen molar-refractivity contribution in [3.8, 4) is 17.2 Å². The molecule has 0 atom stereocenters. The summed E-state index contributed by atoms with van der Waals surface area (Å²) >= 11 is 0. The summed E-state index contributed by atoms with van der Waals surface area (Å²) in [6.45, 7) is 2.70. The summed E-state index contributed by atoms with van der Waals surface area (Å²) in [5.41, 5.74) is -0.143. The second-order valence-corrected chi connectivity index (χ2v) is 4.10. The standard InChI is InChI=1S/C14H15N3O4/c1-3-15-14-9-11(6-7-16-14)21-10-4-5-13(20-2)12(8-10)17(18)19/h4-9H,3H2,1-2H3,(H,15,16). The van der Waals surface area contributed by atoms with Gasteiger partial charge in [0.15, 0.2) is 5.75 Å². The van der Waals surface area contributed by atoms with Crippen LogP contribution in [0.5, 0.6) is 17.2 Å². The third-order valence-electron chi connectivity index (χ3n) is 2.67. The maximum atomic E-state index is 11.0. The summed E-state index contributed by atoms with van der Waals surface area (Å²) in [7, 11) is 1.38. The van der Waals surface area contributed by atoms with Gasteiger partial charge in [-0.1, -0.05) is 0 Å². The topological polar surface area (TPSA) is 86.5 Å². The number of ether oxygens (including phenoxy) is 2. The highest BCUT2D eigenvalue weighted by atomic mass is 16.6. The maximum Gasteiger partial charge on any atom is 0.314 e. The van der Waals surface area contributed by atoms with Gasteiger partial charge in [0, 0.05) is 18.8 Å². The third kappa shape index (κ3) is 3.59. The molecular weight excluding hydrogens is 274 g/mol. The molecule has 0 spiro atoms. The van der Waals surface area contributed by atoms with Crippen LogP contribution in [0.3, 0.4) is 0 Å². The van der Waals surface area contributed by atoms with E-state index >= 15 is 0 Å². The van der Waals surface area contributed by atoms with Gasteiger partial charge in [-0.05, 0) is 25.1 Å². The number of hydrogen-bond donors (Lipinski definition) is 1. The summed E-state index contributed by atoms with van der Waals surface area (Å²) in [5.74, 6) is 1.77. The molecule has 0 aliphatic heterocycles. The van der Waals surface area contributed by atoms with Crippen LogP contribution >= 0.6 is 0 Å². The third-order valence-corrected chi connectivity index (χ3v) is 2.67. The van der Waals surface area contributed by atoms with Gasteiger partial charge in [0.1, 0.15) is 17.3 Å². The Kier molecular flexibility index (Phi) is 4.55. The fourth-order valence-corrected chi connectivity index (χ4v) is 1.76. The second kappa shape index (κ2) is 6.56. The van der Waals surface area contributed by atoms with Crippen molar-refractivity contribution in [1.29, 1.82) is 0 Å². The van der Waals surface area contributed by atoms with Crippen LogP contribution in [0.15, 0.2) is 36.5 Å². The first-order valence-corrected chi connectivity index (χ1v) is 6.34. The fraction of sp³-hybridized carbons (Fsp3) is 0.214. The zero-order valence-corrected chi connectivity index (χ0v) is 11.7. The van der Waals surface area contributed by atoms with Gasteiger partial charge in [0.2, 0.25) is 0 Å². The van der Waals surface area contributed by atoms with E-state index in [2.05, 4.69) is 10.3 Å². The Morgan fingerprint density at radius 3 is 2.71 bits per heavy atom. The first-order valence-electron chi connectivity index (χ1n) is 6.34. The van der Waals surface area contributed by atoms with Crippen molar-refractivity contribution in [3.63, 3.8) is 0 Å². The molecule has 1 N–H and O–H groups in total. The minimum atomic E-state index is -0.512. The summed E-state index contributed by atoms with van der Waals surface area (Å²) in [6, 6.07) is 7.84. The van der Waals surface area contributed by atoms with E-state index in [9.17, 15) is 10.1 Å². The Labute approximate surface area is 121 Å². The number of nitrogens with zero attached hydrogens (tertiary/aromatic N) is 2. The highest BCUT2D eigenvalue weighted by Gasteiger charge is 2.16. The average molecular weight is 289 g/mol. The van der Waals surface area contributed by atoms with E-state index < -0.39 is 4.92 Å². The average Bonchev–Trinajstić information content (AvgIpc) is 2.48. The minimum absolute atomic E-state index is 0.143. The molecule has 2 rings (SSSR count). The van der Waals surface area contributed by atoms with E-state index in [1.807, 2.05) is 6.92 Å². The molecule has 1 heterocycles. The molecule has 7 heteroatoms. The molecule has 1 aromatic carbocycles. The SMILES string of the molecule is CCNc1cc(Oc2ccc(OC)c([N+](=O)[O-])c2)ccn1. The normalized spacial score (nSPS) is 10.0. The van der Waals surface area contributed by atoms with Crippen molar-refractivity contribution < 1.29 is 14.4 Å². The molecule has 2 aromatic rings. The molecule has 0 aliphatic rings. The number of rotatable bonds is 6. The van der Waals surface area contributed by atoms with Crippen molar-refractivity contribution in [2.45, 2.75) is 6.92 Å². The van der Waals surface area contributed by atoms with Crippen molar-refractivity contribution in [3.05, 3.63) is 46.6 Å². The molecule has 21 heavy (non-hydrogen) atoms. The van der Waals surface area contributed by atoms with E-state index in [4.69, 9.17) is 9.47 Å². The number of benzene rings is 1. The highest BCUT2D eigenvalue weighted by Crippen LogP contribution is 2.33. The predicted molar refractivity (Wildman–Crippen MR) is 78.1 cm³/mol. The van der Waals surface area contributed by atoms with Gasteiger partial charge in [0.05, 0.1) is 18.1 Å². The molecule has 0 saturated carbocycles. The Hall–Kier alpha value is -2.83. The maximum absolute atomic E-state index is 11.0. The summed E-state index contributed by atoms with van der Waals surface area (Å²) < 4.78 is 10.6. The minimum Gasteiger partial charge on any atom is -0.490 e. The molecule has 7 nitrogen and oxygen atoms in total. The molecule has 0 fully saturated rings. The van der Waals surface area contributed by atoms with E-state index in [0.717, 1.165) is 6.54 Å². The van der Waals surface area contributed by atoms with Crippen LogP contribution in [-0.2, 0) is 0 Å². The van der Waals surface area contributed by atoms with E-state index in [1.54, 1.807) is 24.4 Å². The summed E-state index contributed by atoms with van der Waals surface area (Å²) in [6.07, 6.45) is 1.60. The first kappa shape index (κ1) is 14.6. The molecule has 0 bridgehead atoms. The van der Waals surface area contributed by atoms with Crippen molar-refractivity contribution in [2.75, 3.05) is 19.0 Å². The van der Waals surface area contributed by atoms with Crippen LogP contribution in [0.2, 0.25) is 0 Å². The Balaban J connectivity index is 2.25. The smallest absolute Gasteiger partial charge is 0.314 e. The van der Waals surface area contributed by atoms with Gasteiger partial charge in [-0.3, -0.25) is 10.1 Å². The molecule has 110 valence electrons. The number of aromatic nitrogens is 1. The second-order valence-electron chi connectivity index (χ2n) is 4.10. The highest BCUT2D eigenvalue weighted by molar-refractivity contribution is 5.52. The number of pyridine rings is 1. The van der Waals surface area contributed by atoms with Crippen LogP contribution in [-0.4, -0.2) is 23.6 Å². The van der Waals surface area contributed by atoms with Gasteiger partial charge < -0.3 is 14.8 Å². The number of nitrogens with one attached hydrogen (secondary N) is 1. The van der Waals surface area contributed by atoms with E-state index in [1.165, 1.54) is 19.2 Å². The summed E-state index contributed by atoms with van der Waals surface area (Å²) in [5, 5.41) is 14.0. The van der Waals surface area contributed by atoms with E-state index in [-0.39, 0.29) is 11.4 Å². The predicted octanol–water partition coefficient (Wildman–Crippen LogP) is 3.22. The molecule has 0 radical (unpaired) electrons. The van der Waals surface area contributed by atoms with Crippen LogP contribution in [0.1, 0.15) is 6.92 Å². The first-order chi connectivity index (χ1) is 10.1. The molecule has 1 aromatic heterocycles. The van der Waals surface area contributed by atoms with Crippen LogP contribution in [0, 0.1) is 10.1 Å². The molecule has 0 aliphatic carbocycles. The lowest BCUT2D eigenvalue weighted by Crippen LogP contribution is -1.99. The van der Waals surface area contributed by atoms with Gasteiger partial charge >= 0.3 is 5.69 Å². The van der Waals surface area contributed by atoms with Crippen LogP contribution < -0.4 is 14.8 Å². The Bertz CT molecular complexity index is 646. The van der Waals surface area contributed by atoms with Gasteiger partial charge in [-0.25, -0.2) is 4.98 Å².